The number of hydrogen-bond donors (Lipinski definition) is 1. The molecule has 0 amide bonds. The third-order valence-electron chi connectivity index (χ3n) is 2.19. The van der Waals surface area contributed by atoms with Crippen LogP contribution in [0.3, 0.4) is 0 Å². The van der Waals surface area contributed by atoms with E-state index in [2.05, 4.69) is 18.8 Å². The van der Waals surface area contributed by atoms with Crippen LogP contribution < -0.4 is 5.73 Å². The maximum Gasteiger partial charge on any atom is 0.0410 e. The fourth-order valence-corrected chi connectivity index (χ4v) is 1.50. The first kappa shape index (κ1) is 10.0. The van der Waals surface area contributed by atoms with Gasteiger partial charge in [-0.15, -0.1) is 0 Å². The highest BCUT2D eigenvalue weighted by molar-refractivity contribution is 5.51. The molecule has 2 nitrogen and oxygen atoms in total. The van der Waals surface area contributed by atoms with E-state index >= 15 is 0 Å². The highest BCUT2D eigenvalue weighted by Crippen LogP contribution is 2.18. The SMILES string of the molecule is CCCc1cncc(CCC)c1N. The van der Waals surface area contributed by atoms with Crippen LogP contribution >= 0.6 is 0 Å². The maximum atomic E-state index is 6.02. The molecular weight excluding hydrogens is 160 g/mol. The van der Waals surface area contributed by atoms with Crippen LogP contribution in [0.1, 0.15) is 37.8 Å². The minimum Gasteiger partial charge on any atom is -0.398 e. The third kappa shape index (κ3) is 2.44. The predicted molar refractivity (Wildman–Crippen MR) is 56.6 cm³/mol. The lowest BCUT2D eigenvalue weighted by Crippen LogP contribution is -2.01. The lowest BCUT2D eigenvalue weighted by atomic mass is 10.0. The molecule has 0 fully saturated rings. The Bertz CT molecular complexity index is 245. The second-order valence-corrected chi connectivity index (χ2v) is 3.37. The van der Waals surface area contributed by atoms with Crippen molar-refractivity contribution in [3.05, 3.63) is 23.5 Å². The van der Waals surface area contributed by atoms with Gasteiger partial charge in [-0.2, -0.15) is 0 Å². The van der Waals surface area contributed by atoms with E-state index in [1.807, 2.05) is 12.4 Å². The number of nitrogen functional groups attached to an aromatic ring is 1. The minimum atomic E-state index is 0.957. The Morgan fingerprint density at radius 1 is 1.08 bits per heavy atom. The Kier molecular flexibility index (Phi) is 3.74. The van der Waals surface area contributed by atoms with Gasteiger partial charge in [-0.1, -0.05) is 26.7 Å². The molecule has 0 unspecified atom stereocenters. The molecule has 1 aromatic rings. The summed E-state index contributed by atoms with van der Waals surface area (Å²) in [4.78, 5) is 4.20. The van der Waals surface area contributed by atoms with Gasteiger partial charge in [-0.25, -0.2) is 0 Å². The van der Waals surface area contributed by atoms with E-state index < -0.39 is 0 Å². The molecule has 2 heteroatoms. The molecular formula is C11H18N2. The molecule has 1 rings (SSSR count). The standard InChI is InChI=1S/C11H18N2/c1-3-5-9-7-13-8-10(6-4-2)11(9)12/h7-8H,3-6H2,1-2H3,(H2,12,13). The molecule has 0 aromatic carbocycles. The summed E-state index contributed by atoms with van der Waals surface area (Å²) in [5.41, 5.74) is 9.38. The molecule has 0 radical (unpaired) electrons. The molecule has 2 N–H and O–H groups in total. The van der Waals surface area contributed by atoms with Gasteiger partial charge >= 0.3 is 0 Å². The topological polar surface area (TPSA) is 38.9 Å². The van der Waals surface area contributed by atoms with Crippen LogP contribution in [-0.2, 0) is 12.8 Å². The van der Waals surface area contributed by atoms with E-state index in [9.17, 15) is 0 Å². The molecule has 0 bridgehead atoms. The molecule has 0 aliphatic heterocycles. The zero-order valence-electron chi connectivity index (χ0n) is 8.51. The van der Waals surface area contributed by atoms with Crippen LogP contribution in [0.4, 0.5) is 5.69 Å². The first-order chi connectivity index (χ1) is 6.29. The maximum absolute atomic E-state index is 6.02. The number of nitrogens with zero attached hydrogens (tertiary/aromatic N) is 1. The summed E-state index contributed by atoms with van der Waals surface area (Å²) in [6, 6.07) is 0. The predicted octanol–water partition coefficient (Wildman–Crippen LogP) is 2.57. The first-order valence-electron chi connectivity index (χ1n) is 5.00. The summed E-state index contributed by atoms with van der Waals surface area (Å²) < 4.78 is 0. The largest absolute Gasteiger partial charge is 0.398 e. The van der Waals surface area contributed by atoms with E-state index in [4.69, 9.17) is 5.73 Å². The van der Waals surface area contributed by atoms with Gasteiger partial charge in [0.15, 0.2) is 0 Å². The molecule has 1 heterocycles. The second-order valence-electron chi connectivity index (χ2n) is 3.37. The van der Waals surface area contributed by atoms with Gasteiger partial charge in [0.25, 0.3) is 0 Å². The van der Waals surface area contributed by atoms with Gasteiger partial charge in [0, 0.05) is 18.1 Å². The van der Waals surface area contributed by atoms with E-state index in [0.29, 0.717) is 0 Å². The number of pyridine rings is 1. The number of rotatable bonds is 4. The normalized spacial score (nSPS) is 10.3. The first-order valence-corrected chi connectivity index (χ1v) is 5.00. The van der Waals surface area contributed by atoms with E-state index in [-0.39, 0.29) is 0 Å². The molecule has 72 valence electrons. The van der Waals surface area contributed by atoms with Crippen LogP contribution in [0.25, 0.3) is 0 Å². The van der Waals surface area contributed by atoms with Crippen molar-refractivity contribution in [2.45, 2.75) is 39.5 Å². The zero-order valence-corrected chi connectivity index (χ0v) is 8.51. The van der Waals surface area contributed by atoms with Gasteiger partial charge in [0.05, 0.1) is 0 Å². The molecule has 0 atom stereocenters. The van der Waals surface area contributed by atoms with Gasteiger partial charge in [0.2, 0.25) is 0 Å². The van der Waals surface area contributed by atoms with Crippen molar-refractivity contribution in [3.63, 3.8) is 0 Å². The van der Waals surface area contributed by atoms with Crippen LogP contribution in [0.5, 0.6) is 0 Å². The number of aromatic nitrogens is 1. The Morgan fingerprint density at radius 3 is 1.92 bits per heavy atom. The molecule has 0 saturated carbocycles. The Hall–Kier alpha value is -1.05. The second kappa shape index (κ2) is 4.85. The molecule has 13 heavy (non-hydrogen) atoms. The summed E-state index contributed by atoms with van der Waals surface area (Å²) in [6.07, 6.45) is 8.10. The van der Waals surface area contributed by atoms with Crippen molar-refractivity contribution in [1.29, 1.82) is 0 Å². The van der Waals surface area contributed by atoms with Crippen LogP contribution in [0.2, 0.25) is 0 Å². The minimum absolute atomic E-state index is 0.957. The molecule has 0 saturated heterocycles. The van der Waals surface area contributed by atoms with Crippen molar-refractivity contribution in [2.24, 2.45) is 0 Å². The summed E-state index contributed by atoms with van der Waals surface area (Å²) in [7, 11) is 0. The highest BCUT2D eigenvalue weighted by atomic mass is 14.7. The van der Waals surface area contributed by atoms with E-state index in [0.717, 1.165) is 31.4 Å². The number of aryl methyl sites for hydroxylation is 2. The molecule has 1 aromatic heterocycles. The lowest BCUT2D eigenvalue weighted by Gasteiger charge is -2.08. The van der Waals surface area contributed by atoms with Crippen molar-refractivity contribution in [1.82, 2.24) is 4.98 Å². The van der Waals surface area contributed by atoms with Gasteiger partial charge < -0.3 is 5.73 Å². The summed E-state index contributed by atoms with van der Waals surface area (Å²) in [5, 5.41) is 0. The van der Waals surface area contributed by atoms with Crippen molar-refractivity contribution < 1.29 is 0 Å². The highest BCUT2D eigenvalue weighted by Gasteiger charge is 2.03. The third-order valence-corrected chi connectivity index (χ3v) is 2.19. The fraction of sp³-hybridized carbons (Fsp3) is 0.545. The lowest BCUT2D eigenvalue weighted by molar-refractivity contribution is 0.887. The Labute approximate surface area is 80.2 Å². The van der Waals surface area contributed by atoms with Crippen LogP contribution in [-0.4, -0.2) is 4.98 Å². The van der Waals surface area contributed by atoms with E-state index in [1.54, 1.807) is 0 Å². The van der Waals surface area contributed by atoms with Crippen LogP contribution in [0.15, 0.2) is 12.4 Å². The van der Waals surface area contributed by atoms with Gasteiger partial charge in [-0.05, 0) is 24.0 Å². The molecule has 0 spiro atoms. The summed E-state index contributed by atoms with van der Waals surface area (Å²) in [5.74, 6) is 0. The Balaban J connectivity index is 2.89. The van der Waals surface area contributed by atoms with Crippen molar-refractivity contribution in [2.75, 3.05) is 5.73 Å². The van der Waals surface area contributed by atoms with Crippen molar-refractivity contribution in [3.8, 4) is 0 Å². The fourth-order valence-electron chi connectivity index (χ4n) is 1.50. The Morgan fingerprint density at radius 2 is 1.54 bits per heavy atom. The van der Waals surface area contributed by atoms with Crippen molar-refractivity contribution >= 4 is 5.69 Å². The molecule has 0 aliphatic carbocycles. The molecule has 0 aliphatic rings. The quantitative estimate of drug-likeness (QED) is 0.769. The van der Waals surface area contributed by atoms with Gasteiger partial charge in [0.1, 0.15) is 0 Å². The average Bonchev–Trinajstić information content (AvgIpc) is 2.13. The summed E-state index contributed by atoms with van der Waals surface area (Å²) in [6.45, 7) is 4.32. The summed E-state index contributed by atoms with van der Waals surface area (Å²) >= 11 is 0. The smallest absolute Gasteiger partial charge is 0.0410 e. The van der Waals surface area contributed by atoms with E-state index in [1.165, 1.54) is 11.1 Å². The monoisotopic (exact) mass is 178 g/mol. The average molecular weight is 178 g/mol. The zero-order chi connectivity index (χ0) is 9.68. The number of hydrogen-bond acceptors (Lipinski definition) is 2. The van der Waals surface area contributed by atoms with Gasteiger partial charge in [-0.3, -0.25) is 4.98 Å². The number of anilines is 1. The van der Waals surface area contributed by atoms with Crippen LogP contribution in [0, 0.1) is 0 Å². The number of nitrogens with two attached hydrogens (primary N) is 1.